The lowest BCUT2D eigenvalue weighted by Gasteiger charge is -1.88. The molecule has 0 aliphatic rings. The molecule has 54 valence electrons. The van der Waals surface area contributed by atoms with Gasteiger partial charge in [-0.1, -0.05) is 6.07 Å². The molecule has 0 radical (unpaired) electrons. The highest BCUT2D eigenvalue weighted by molar-refractivity contribution is 7.09. The quantitative estimate of drug-likeness (QED) is 0.493. The van der Waals surface area contributed by atoms with Gasteiger partial charge in [0.05, 0.1) is 0 Å². The van der Waals surface area contributed by atoms with Crippen LogP contribution in [0.3, 0.4) is 0 Å². The molecule has 0 spiro atoms. The van der Waals surface area contributed by atoms with Crippen LogP contribution in [0.4, 0.5) is 0 Å². The second-order valence-electron chi connectivity index (χ2n) is 1.89. The minimum absolute atomic E-state index is 0.0422. The number of thiophene rings is 1. The largest absolute Gasteiger partial charge is 0.265 e. The lowest BCUT2D eigenvalue weighted by molar-refractivity contribution is -0.479. The van der Waals surface area contributed by atoms with Crippen molar-refractivity contribution in [3.63, 3.8) is 0 Å². The average Bonchev–Trinajstić information content (AvgIpc) is 2.34. The van der Waals surface area contributed by atoms with Crippen molar-refractivity contribution < 1.29 is 4.92 Å². The predicted molar refractivity (Wildman–Crippen MR) is 39.9 cm³/mol. The Balaban J connectivity index is 2.35. The average molecular weight is 157 g/mol. The Labute approximate surface area is 62.5 Å². The molecule has 10 heavy (non-hydrogen) atoms. The van der Waals surface area contributed by atoms with E-state index in [4.69, 9.17) is 0 Å². The van der Waals surface area contributed by atoms with E-state index in [-0.39, 0.29) is 11.5 Å². The fraction of sp³-hybridized carbons (Fsp3) is 0.333. The van der Waals surface area contributed by atoms with Gasteiger partial charge < -0.3 is 0 Å². The van der Waals surface area contributed by atoms with Crippen LogP contribution in [-0.2, 0) is 6.42 Å². The Morgan fingerprint density at radius 3 is 3.00 bits per heavy atom. The minimum Gasteiger partial charge on any atom is -0.265 e. The second-order valence-corrected chi connectivity index (χ2v) is 2.92. The molecule has 0 saturated heterocycles. The molecule has 0 bridgehead atoms. The molecule has 0 saturated carbocycles. The van der Waals surface area contributed by atoms with Gasteiger partial charge in [0.2, 0.25) is 6.54 Å². The van der Waals surface area contributed by atoms with Crippen LogP contribution in [0.25, 0.3) is 0 Å². The molecule has 0 aliphatic heterocycles. The van der Waals surface area contributed by atoms with E-state index in [2.05, 4.69) is 0 Å². The van der Waals surface area contributed by atoms with E-state index in [0.717, 1.165) is 4.88 Å². The van der Waals surface area contributed by atoms with Gasteiger partial charge in [-0.15, -0.1) is 11.3 Å². The maximum Gasteiger partial charge on any atom is 0.208 e. The first-order valence-electron chi connectivity index (χ1n) is 2.93. The maximum absolute atomic E-state index is 9.90. The summed E-state index contributed by atoms with van der Waals surface area (Å²) in [5, 5.41) is 11.8. The normalized spacial score (nSPS) is 9.60. The molecular weight excluding hydrogens is 150 g/mol. The van der Waals surface area contributed by atoms with Crippen LogP contribution in [-0.4, -0.2) is 11.5 Å². The van der Waals surface area contributed by atoms with E-state index in [1.807, 2.05) is 17.5 Å². The van der Waals surface area contributed by atoms with Crippen molar-refractivity contribution in [1.29, 1.82) is 0 Å². The lowest BCUT2D eigenvalue weighted by atomic mass is 10.3. The van der Waals surface area contributed by atoms with E-state index < -0.39 is 0 Å². The second kappa shape index (κ2) is 3.31. The molecule has 0 amide bonds. The molecule has 0 fully saturated rings. The van der Waals surface area contributed by atoms with Crippen molar-refractivity contribution in [2.75, 3.05) is 6.54 Å². The summed E-state index contributed by atoms with van der Waals surface area (Å²) in [5.41, 5.74) is 0. The minimum atomic E-state index is -0.292. The van der Waals surface area contributed by atoms with Crippen LogP contribution < -0.4 is 0 Å². The SMILES string of the molecule is O=[N+]([O-])CCc1cccs1. The Bertz CT molecular complexity index is 208. The van der Waals surface area contributed by atoms with Gasteiger partial charge in [0.1, 0.15) is 0 Å². The molecule has 3 nitrogen and oxygen atoms in total. The Hall–Kier alpha value is -0.900. The smallest absolute Gasteiger partial charge is 0.208 e. The van der Waals surface area contributed by atoms with Crippen molar-refractivity contribution in [3.05, 3.63) is 32.5 Å². The van der Waals surface area contributed by atoms with Gasteiger partial charge >= 0.3 is 0 Å². The molecule has 0 unspecified atom stereocenters. The molecule has 1 rings (SSSR count). The molecule has 0 atom stereocenters. The highest BCUT2D eigenvalue weighted by Gasteiger charge is 1.98. The summed E-state index contributed by atoms with van der Waals surface area (Å²) in [6.07, 6.45) is 0.560. The molecular formula is C6H7NO2S. The Morgan fingerprint density at radius 1 is 1.70 bits per heavy atom. The summed E-state index contributed by atoms with van der Waals surface area (Å²) in [5.74, 6) is 0. The molecule has 1 heterocycles. The summed E-state index contributed by atoms with van der Waals surface area (Å²) in [7, 11) is 0. The molecule has 1 aromatic rings. The standard InChI is InChI=1S/C6H7NO2S/c8-7(9)4-3-6-2-1-5-10-6/h1-2,5H,3-4H2. The van der Waals surface area contributed by atoms with Gasteiger partial charge in [0.15, 0.2) is 0 Å². The summed E-state index contributed by atoms with van der Waals surface area (Å²) in [6.45, 7) is 0.0422. The third kappa shape index (κ3) is 2.14. The number of rotatable bonds is 3. The molecule has 0 aromatic carbocycles. The van der Waals surface area contributed by atoms with Gasteiger partial charge in [0, 0.05) is 16.2 Å². The third-order valence-corrected chi connectivity index (χ3v) is 2.06. The zero-order chi connectivity index (χ0) is 7.40. The van der Waals surface area contributed by atoms with Crippen molar-refractivity contribution in [2.24, 2.45) is 0 Å². The van der Waals surface area contributed by atoms with Crippen LogP contribution >= 0.6 is 11.3 Å². The van der Waals surface area contributed by atoms with Crippen molar-refractivity contribution >= 4 is 11.3 Å². The number of hydrogen-bond donors (Lipinski definition) is 0. The zero-order valence-corrected chi connectivity index (χ0v) is 6.13. The predicted octanol–water partition coefficient (Wildman–Crippen LogP) is 1.57. The molecule has 1 aromatic heterocycles. The summed E-state index contributed by atoms with van der Waals surface area (Å²) < 4.78 is 0. The first kappa shape index (κ1) is 7.21. The van der Waals surface area contributed by atoms with Gasteiger partial charge in [0.25, 0.3) is 0 Å². The van der Waals surface area contributed by atoms with Gasteiger partial charge in [-0.3, -0.25) is 10.1 Å². The van der Waals surface area contributed by atoms with Crippen LogP contribution in [0.1, 0.15) is 4.88 Å². The maximum atomic E-state index is 9.90. The lowest BCUT2D eigenvalue weighted by Crippen LogP contribution is -2.02. The van der Waals surface area contributed by atoms with Crippen LogP contribution in [0, 0.1) is 10.1 Å². The van der Waals surface area contributed by atoms with Crippen LogP contribution in [0.15, 0.2) is 17.5 Å². The Kier molecular flexibility index (Phi) is 2.39. The highest BCUT2D eigenvalue weighted by Crippen LogP contribution is 2.08. The topological polar surface area (TPSA) is 43.1 Å². The number of hydrogen-bond acceptors (Lipinski definition) is 3. The van der Waals surface area contributed by atoms with E-state index in [1.54, 1.807) is 11.3 Å². The number of nitrogens with zero attached hydrogens (tertiary/aromatic N) is 1. The fourth-order valence-electron chi connectivity index (χ4n) is 0.656. The summed E-state index contributed by atoms with van der Waals surface area (Å²) in [4.78, 5) is 10.7. The van der Waals surface area contributed by atoms with E-state index in [9.17, 15) is 10.1 Å². The van der Waals surface area contributed by atoms with Gasteiger partial charge in [-0.05, 0) is 11.4 Å². The first-order chi connectivity index (χ1) is 4.79. The first-order valence-corrected chi connectivity index (χ1v) is 3.81. The highest BCUT2D eigenvalue weighted by atomic mass is 32.1. The van der Waals surface area contributed by atoms with E-state index in [0.29, 0.717) is 6.42 Å². The van der Waals surface area contributed by atoms with E-state index in [1.165, 1.54) is 0 Å². The molecule has 0 aliphatic carbocycles. The number of nitro groups is 1. The van der Waals surface area contributed by atoms with Gasteiger partial charge in [-0.25, -0.2) is 0 Å². The zero-order valence-electron chi connectivity index (χ0n) is 5.32. The summed E-state index contributed by atoms with van der Waals surface area (Å²) >= 11 is 1.56. The third-order valence-electron chi connectivity index (χ3n) is 1.12. The Morgan fingerprint density at radius 2 is 2.50 bits per heavy atom. The van der Waals surface area contributed by atoms with Crippen LogP contribution in [0.2, 0.25) is 0 Å². The monoisotopic (exact) mass is 157 g/mol. The fourth-order valence-corrected chi connectivity index (χ4v) is 1.35. The van der Waals surface area contributed by atoms with Crippen molar-refractivity contribution in [1.82, 2.24) is 0 Å². The van der Waals surface area contributed by atoms with Crippen LogP contribution in [0.5, 0.6) is 0 Å². The molecule has 4 heteroatoms. The summed E-state index contributed by atoms with van der Waals surface area (Å²) in [6, 6.07) is 3.81. The van der Waals surface area contributed by atoms with Crippen molar-refractivity contribution in [3.8, 4) is 0 Å². The van der Waals surface area contributed by atoms with E-state index >= 15 is 0 Å². The van der Waals surface area contributed by atoms with Gasteiger partial charge in [-0.2, -0.15) is 0 Å². The van der Waals surface area contributed by atoms with Crippen molar-refractivity contribution in [2.45, 2.75) is 6.42 Å². The molecule has 0 N–H and O–H groups in total.